The van der Waals surface area contributed by atoms with Crippen molar-refractivity contribution in [2.24, 2.45) is 0 Å². The van der Waals surface area contributed by atoms with Crippen molar-refractivity contribution in [1.29, 1.82) is 0 Å². The zero-order chi connectivity index (χ0) is 17.0. The predicted molar refractivity (Wildman–Crippen MR) is 93.7 cm³/mol. The molecule has 0 aliphatic rings. The number of hydrogen-bond donors (Lipinski definition) is 1. The van der Waals surface area contributed by atoms with Crippen LogP contribution in [0, 0.1) is 10.1 Å². The largest absolute Gasteiger partial charge is 0.346 e. The number of non-ortho nitro benzene ring substituents is 1. The first-order chi connectivity index (χ1) is 10.9. The lowest BCUT2D eigenvalue weighted by Crippen LogP contribution is -2.31. The number of thiocarbonyl (C=S) groups is 1. The molecule has 7 nitrogen and oxygen atoms in total. The monoisotopic (exact) mass is 353 g/mol. The van der Waals surface area contributed by atoms with Crippen LogP contribution in [0.3, 0.4) is 0 Å². The summed E-state index contributed by atoms with van der Waals surface area (Å²) < 4.78 is 1.81. The number of benzene rings is 1. The number of aromatic nitrogens is 2. The highest BCUT2D eigenvalue weighted by atomic mass is 35.5. The van der Waals surface area contributed by atoms with E-state index >= 15 is 0 Å². The van der Waals surface area contributed by atoms with Crippen molar-refractivity contribution in [3.8, 4) is 0 Å². The van der Waals surface area contributed by atoms with Crippen LogP contribution < -0.4 is 5.32 Å². The van der Waals surface area contributed by atoms with Crippen LogP contribution in [0.15, 0.2) is 30.5 Å². The zero-order valence-corrected chi connectivity index (χ0v) is 14.3. The fourth-order valence-electron chi connectivity index (χ4n) is 2.00. The summed E-state index contributed by atoms with van der Waals surface area (Å²) in [6.45, 7) is 3.21. The van der Waals surface area contributed by atoms with Gasteiger partial charge in [0.15, 0.2) is 5.11 Å². The Hall–Kier alpha value is -2.19. The second kappa shape index (κ2) is 7.38. The van der Waals surface area contributed by atoms with E-state index in [9.17, 15) is 10.1 Å². The molecular formula is C14H16ClN5O2S. The fraction of sp³-hybridized carbons (Fsp3) is 0.286. The van der Waals surface area contributed by atoms with Crippen molar-refractivity contribution in [2.75, 3.05) is 12.4 Å². The Labute approximate surface area is 144 Å². The third kappa shape index (κ3) is 4.17. The van der Waals surface area contributed by atoms with E-state index in [2.05, 4.69) is 10.4 Å². The van der Waals surface area contributed by atoms with E-state index in [-0.39, 0.29) is 5.69 Å². The van der Waals surface area contributed by atoms with E-state index in [0.717, 1.165) is 12.2 Å². The maximum Gasteiger partial charge on any atom is 0.269 e. The number of nitrogens with one attached hydrogen (secondary N) is 1. The maximum absolute atomic E-state index is 10.6. The molecule has 1 aromatic carbocycles. The second-order valence-electron chi connectivity index (χ2n) is 4.85. The standard InChI is InChI=1S/C14H16ClN5O2S/c1-3-19-13(12(15)8-16-19)9-18(2)14(23)17-10-4-6-11(7-5-10)20(21)22/h4-8H,3,9H2,1-2H3,(H,17,23). The van der Waals surface area contributed by atoms with Crippen molar-refractivity contribution in [2.45, 2.75) is 20.0 Å². The van der Waals surface area contributed by atoms with Gasteiger partial charge in [0.25, 0.3) is 5.69 Å². The molecule has 1 N–H and O–H groups in total. The van der Waals surface area contributed by atoms with Crippen LogP contribution in [0.5, 0.6) is 0 Å². The molecule has 0 radical (unpaired) electrons. The van der Waals surface area contributed by atoms with E-state index in [4.69, 9.17) is 23.8 Å². The van der Waals surface area contributed by atoms with Gasteiger partial charge >= 0.3 is 0 Å². The summed E-state index contributed by atoms with van der Waals surface area (Å²) in [7, 11) is 1.84. The molecule has 0 aliphatic heterocycles. The first-order valence-electron chi connectivity index (χ1n) is 6.89. The summed E-state index contributed by atoms with van der Waals surface area (Å²) in [5, 5.41) is 18.9. The minimum Gasteiger partial charge on any atom is -0.346 e. The lowest BCUT2D eigenvalue weighted by molar-refractivity contribution is -0.384. The Kier molecular flexibility index (Phi) is 5.51. The maximum atomic E-state index is 10.6. The van der Waals surface area contributed by atoms with Gasteiger partial charge in [-0.05, 0) is 31.3 Å². The summed E-state index contributed by atoms with van der Waals surface area (Å²) in [4.78, 5) is 12.0. The lowest BCUT2D eigenvalue weighted by atomic mass is 10.3. The van der Waals surface area contributed by atoms with E-state index in [1.807, 2.05) is 23.6 Å². The van der Waals surface area contributed by atoms with E-state index in [1.165, 1.54) is 12.1 Å². The molecule has 122 valence electrons. The van der Waals surface area contributed by atoms with E-state index in [0.29, 0.717) is 22.4 Å². The van der Waals surface area contributed by atoms with Crippen LogP contribution in [0.2, 0.25) is 5.02 Å². The normalized spacial score (nSPS) is 10.4. The molecule has 0 unspecified atom stereocenters. The summed E-state index contributed by atoms with van der Waals surface area (Å²) in [6, 6.07) is 6.07. The Morgan fingerprint density at radius 2 is 2.13 bits per heavy atom. The number of nitro benzene ring substituents is 1. The zero-order valence-electron chi connectivity index (χ0n) is 12.7. The third-order valence-electron chi connectivity index (χ3n) is 3.26. The van der Waals surface area contributed by atoms with Crippen molar-refractivity contribution in [1.82, 2.24) is 14.7 Å². The molecule has 0 fully saturated rings. The highest BCUT2D eigenvalue weighted by Gasteiger charge is 2.13. The molecule has 1 aromatic heterocycles. The number of nitrogens with zero attached hydrogens (tertiary/aromatic N) is 4. The van der Waals surface area contributed by atoms with Crippen LogP contribution in [-0.2, 0) is 13.1 Å². The topological polar surface area (TPSA) is 76.2 Å². The number of hydrogen-bond acceptors (Lipinski definition) is 4. The molecule has 0 spiro atoms. The molecule has 0 amide bonds. The van der Waals surface area contributed by atoms with Gasteiger partial charge in [-0.25, -0.2) is 0 Å². The molecule has 0 bridgehead atoms. The molecule has 0 saturated heterocycles. The summed E-state index contributed by atoms with van der Waals surface area (Å²) in [5.41, 5.74) is 1.60. The summed E-state index contributed by atoms with van der Waals surface area (Å²) in [6.07, 6.45) is 1.61. The van der Waals surface area contributed by atoms with Crippen LogP contribution in [0.1, 0.15) is 12.6 Å². The molecule has 0 saturated carbocycles. The highest BCUT2D eigenvalue weighted by molar-refractivity contribution is 7.80. The van der Waals surface area contributed by atoms with Gasteiger partial charge in [-0.3, -0.25) is 14.8 Å². The molecule has 0 aliphatic carbocycles. The van der Waals surface area contributed by atoms with Crippen molar-refractivity contribution in [3.05, 3.63) is 51.3 Å². The van der Waals surface area contributed by atoms with Crippen molar-refractivity contribution < 1.29 is 4.92 Å². The average Bonchev–Trinajstić information content (AvgIpc) is 2.88. The number of anilines is 1. The minimum absolute atomic E-state index is 0.0356. The first-order valence-corrected chi connectivity index (χ1v) is 7.67. The quantitative estimate of drug-likeness (QED) is 0.505. The van der Waals surface area contributed by atoms with Crippen LogP contribution in [0.4, 0.5) is 11.4 Å². The van der Waals surface area contributed by atoms with Gasteiger partial charge < -0.3 is 10.2 Å². The Morgan fingerprint density at radius 3 is 2.70 bits per heavy atom. The number of halogens is 1. The van der Waals surface area contributed by atoms with Gasteiger partial charge in [0.05, 0.1) is 28.4 Å². The molecular weight excluding hydrogens is 338 g/mol. The van der Waals surface area contributed by atoms with E-state index < -0.39 is 4.92 Å². The molecule has 2 aromatic rings. The Balaban J connectivity index is 2.02. The van der Waals surface area contributed by atoms with Gasteiger partial charge in [-0.15, -0.1) is 0 Å². The predicted octanol–water partition coefficient (Wildman–Crippen LogP) is 3.29. The summed E-state index contributed by atoms with van der Waals surface area (Å²) >= 11 is 11.5. The Bertz CT molecular complexity index is 716. The van der Waals surface area contributed by atoms with Gasteiger partial charge in [0, 0.05) is 31.4 Å². The minimum atomic E-state index is -0.442. The molecule has 9 heteroatoms. The van der Waals surface area contributed by atoms with Crippen molar-refractivity contribution in [3.63, 3.8) is 0 Å². The molecule has 23 heavy (non-hydrogen) atoms. The number of aryl methyl sites for hydroxylation is 1. The van der Waals surface area contributed by atoms with E-state index in [1.54, 1.807) is 18.3 Å². The molecule has 0 atom stereocenters. The van der Waals surface area contributed by atoms with Gasteiger partial charge in [0.2, 0.25) is 0 Å². The first kappa shape index (κ1) is 17.2. The molecule has 2 rings (SSSR count). The van der Waals surface area contributed by atoms with Gasteiger partial charge in [0.1, 0.15) is 0 Å². The van der Waals surface area contributed by atoms with Crippen LogP contribution in [-0.4, -0.2) is 31.8 Å². The Morgan fingerprint density at radius 1 is 1.48 bits per heavy atom. The fourth-order valence-corrected chi connectivity index (χ4v) is 2.38. The van der Waals surface area contributed by atoms with Gasteiger partial charge in [-0.2, -0.15) is 5.10 Å². The highest BCUT2D eigenvalue weighted by Crippen LogP contribution is 2.18. The summed E-state index contributed by atoms with van der Waals surface area (Å²) in [5.74, 6) is 0. The number of nitro groups is 1. The average molecular weight is 354 g/mol. The van der Waals surface area contributed by atoms with Crippen LogP contribution >= 0.6 is 23.8 Å². The number of rotatable bonds is 5. The second-order valence-corrected chi connectivity index (χ2v) is 5.64. The smallest absolute Gasteiger partial charge is 0.269 e. The lowest BCUT2D eigenvalue weighted by Gasteiger charge is -2.21. The van der Waals surface area contributed by atoms with Gasteiger partial charge in [-0.1, -0.05) is 11.6 Å². The molecule has 1 heterocycles. The SMILES string of the molecule is CCn1ncc(Cl)c1CN(C)C(=S)Nc1ccc([N+](=O)[O-])cc1. The van der Waals surface area contributed by atoms with Crippen LogP contribution in [0.25, 0.3) is 0 Å². The van der Waals surface area contributed by atoms with Crippen molar-refractivity contribution >= 4 is 40.3 Å². The third-order valence-corrected chi connectivity index (χ3v) is 3.99.